The number of aliphatic hydroxyl groups excluding tert-OH is 3. The minimum Gasteiger partial charge on any atom is -0.463 e. The van der Waals surface area contributed by atoms with E-state index in [1.165, 1.54) is 0 Å². The van der Waals surface area contributed by atoms with Crippen molar-refractivity contribution < 1.29 is 72.4 Å². The molecular weight excluding hydrogens is 636 g/mol. The van der Waals surface area contributed by atoms with E-state index in [0.29, 0.717) is 33.0 Å². The van der Waals surface area contributed by atoms with Gasteiger partial charge in [-0.3, -0.25) is 19.2 Å². The highest BCUT2D eigenvalue weighted by Gasteiger charge is 2.53. The summed E-state index contributed by atoms with van der Waals surface area (Å²) < 4.78 is 42.4. The summed E-state index contributed by atoms with van der Waals surface area (Å²) >= 11 is 0. The van der Waals surface area contributed by atoms with Gasteiger partial charge in [0.25, 0.3) is 0 Å². The van der Waals surface area contributed by atoms with E-state index < -0.39 is 58.8 Å². The van der Waals surface area contributed by atoms with Crippen molar-refractivity contribution in [2.24, 2.45) is 21.7 Å². The molecule has 282 valence electrons. The number of carbonyl (C=O) groups excluding carboxylic acids is 4. The van der Waals surface area contributed by atoms with Gasteiger partial charge in [-0.25, -0.2) is 0 Å². The van der Waals surface area contributed by atoms with Crippen LogP contribution in [0.25, 0.3) is 0 Å². The molecule has 0 rings (SSSR count). The van der Waals surface area contributed by atoms with Crippen LogP contribution in [0.3, 0.4) is 0 Å². The lowest BCUT2D eigenvalue weighted by atomic mass is 9.61. The molecule has 0 radical (unpaired) electrons. The Labute approximate surface area is 284 Å². The first-order valence-corrected chi connectivity index (χ1v) is 16.3. The molecule has 15 nitrogen and oxygen atoms in total. The largest absolute Gasteiger partial charge is 0.463 e. The fourth-order valence-electron chi connectivity index (χ4n) is 5.54. The van der Waals surface area contributed by atoms with Crippen molar-refractivity contribution in [1.29, 1.82) is 0 Å². The first-order valence-electron chi connectivity index (χ1n) is 16.3. The Morgan fingerprint density at radius 1 is 0.458 bits per heavy atom. The second-order valence-electron chi connectivity index (χ2n) is 13.0. The molecule has 0 bridgehead atoms. The molecule has 0 aromatic heterocycles. The smallest absolute Gasteiger partial charge is 0.311 e. The third kappa shape index (κ3) is 16.8. The topological polar surface area (TPSA) is 203 Å². The first kappa shape index (κ1) is 45.6. The summed E-state index contributed by atoms with van der Waals surface area (Å²) in [6.45, 7) is 10.0. The summed E-state index contributed by atoms with van der Waals surface area (Å²) in [5, 5.41) is 27.8. The van der Waals surface area contributed by atoms with E-state index in [1.807, 2.05) is 0 Å². The molecule has 0 fully saturated rings. The third-order valence-corrected chi connectivity index (χ3v) is 7.81. The molecule has 48 heavy (non-hydrogen) atoms. The number of rotatable bonds is 29. The number of methoxy groups -OCH3 is 1. The van der Waals surface area contributed by atoms with E-state index in [-0.39, 0.29) is 71.9 Å². The van der Waals surface area contributed by atoms with Crippen molar-refractivity contribution in [2.75, 3.05) is 99.6 Å². The zero-order valence-electron chi connectivity index (χ0n) is 30.0. The molecule has 0 aromatic carbocycles. The normalized spacial score (nSPS) is 15.5. The van der Waals surface area contributed by atoms with Gasteiger partial charge in [-0.1, -0.05) is 6.92 Å². The first-order chi connectivity index (χ1) is 22.6. The van der Waals surface area contributed by atoms with Crippen LogP contribution in [0.1, 0.15) is 67.2 Å². The molecule has 0 saturated carbocycles. The highest BCUT2D eigenvalue weighted by molar-refractivity contribution is 5.84. The SMILES string of the molecule is CCC(C)(CC(C)(CC(C)(CC(C)(C)C(=O)OCCOCCOCCOCCOC)C(=O)OCCO)C(=O)OCCO)C(=O)OCCO. The van der Waals surface area contributed by atoms with Crippen LogP contribution in [0.4, 0.5) is 0 Å². The van der Waals surface area contributed by atoms with Crippen molar-refractivity contribution in [3.05, 3.63) is 0 Å². The summed E-state index contributed by atoms with van der Waals surface area (Å²) in [5.74, 6) is -2.80. The van der Waals surface area contributed by atoms with E-state index in [0.717, 1.165) is 0 Å². The summed E-state index contributed by atoms with van der Waals surface area (Å²) in [5.41, 5.74) is -5.52. The fourth-order valence-corrected chi connectivity index (χ4v) is 5.54. The monoisotopic (exact) mass is 696 g/mol. The van der Waals surface area contributed by atoms with Crippen molar-refractivity contribution in [3.63, 3.8) is 0 Å². The predicted molar refractivity (Wildman–Crippen MR) is 172 cm³/mol. The van der Waals surface area contributed by atoms with Gasteiger partial charge >= 0.3 is 23.9 Å². The van der Waals surface area contributed by atoms with E-state index >= 15 is 0 Å². The van der Waals surface area contributed by atoms with Gasteiger partial charge in [0.2, 0.25) is 0 Å². The lowest BCUT2D eigenvalue weighted by Gasteiger charge is -2.42. The van der Waals surface area contributed by atoms with Crippen molar-refractivity contribution in [3.8, 4) is 0 Å². The highest BCUT2D eigenvalue weighted by Crippen LogP contribution is 2.49. The zero-order valence-corrected chi connectivity index (χ0v) is 30.0. The number of esters is 4. The quantitative estimate of drug-likeness (QED) is 0.0576. The van der Waals surface area contributed by atoms with Gasteiger partial charge in [0, 0.05) is 7.11 Å². The molecule has 0 amide bonds. The molecule has 3 unspecified atom stereocenters. The Morgan fingerprint density at radius 2 is 0.792 bits per heavy atom. The van der Waals surface area contributed by atoms with Gasteiger partial charge in [-0.15, -0.1) is 0 Å². The van der Waals surface area contributed by atoms with Crippen LogP contribution in [0.2, 0.25) is 0 Å². The second kappa shape index (κ2) is 23.9. The highest BCUT2D eigenvalue weighted by atomic mass is 16.6. The van der Waals surface area contributed by atoms with Crippen molar-refractivity contribution in [2.45, 2.75) is 67.2 Å². The van der Waals surface area contributed by atoms with Gasteiger partial charge < -0.3 is 53.2 Å². The number of hydrogen-bond acceptors (Lipinski definition) is 15. The number of aliphatic hydroxyl groups is 3. The molecule has 0 aliphatic rings. The van der Waals surface area contributed by atoms with E-state index in [9.17, 15) is 29.4 Å². The summed E-state index contributed by atoms with van der Waals surface area (Å²) in [7, 11) is 1.59. The molecule has 0 spiro atoms. The Balaban J connectivity index is 5.78. The van der Waals surface area contributed by atoms with Crippen LogP contribution in [0.15, 0.2) is 0 Å². The average molecular weight is 697 g/mol. The maximum Gasteiger partial charge on any atom is 0.311 e. The minimum atomic E-state index is -1.52. The average Bonchev–Trinajstić information content (AvgIpc) is 3.04. The standard InChI is InChI=1S/C33H60O15/c1-8-31(4,27(38)45-12-9-34)24-33(6,29(40)47-14-11-36)25-32(5,28(39)46-13-10-35)23-30(2,3)26(37)48-22-21-44-20-19-43-18-17-42-16-15-41-7/h34-36H,8-25H2,1-7H3. The van der Waals surface area contributed by atoms with Gasteiger partial charge in [0.1, 0.15) is 26.4 Å². The molecular formula is C33H60O15. The van der Waals surface area contributed by atoms with Gasteiger partial charge in [-0.2, -0.15) is 0 Å². The molecule has 3 N–H and O–H groups in total. The molecule has 0 aliphatic heterocycles. The summed E-state index contributed by atoms with van der Waals surface area (Å²) in [6.07, 6.45) is -0.235. The Kier molecular flexibility index (Phi) is 22.7. The Morgan fingerprint density at radius 3 is 1.19 bits per heavy atom. The van der Waals surface area contributed by atoms with Gasteiger partial charge in [0.15, 0.2) is 0 Å². The van der Waals surface area contributed by atoms with Crippen LogP contribution in [0, 0.1) is 21.7 Å². The van der Waals surface area contributed by atoms with Crippen LogP contribution >= 0.6 is 0 Å². The van der Waals surface area contributed by atoms with Crippen LogP contribution < -0.4 is 0 Å². The predicted octanol–water partition coefficient (Wildman–Crippen LogP) is 1.46. The van der Waals surface area contributed by atoms with E-state index in [1.54, 1.807) is 48.7 Å². The molecule has 15 heteroatoms. The maximum atomic E-state index is 13.6. The maximum absolute atomic E-state index is 13.6. The van der Waals surface area contributed by atoms with Crippen LogP contribution in [-0.2, 0) is 57.1 Å². The van der Waals surface area contributed by atoms with Gasteiger partial charge in [-0.05, 0) is 60.3 Å². The fraction of sp³-hybridized carbons (Fsp3) is 0.879. The number of carbonyl (C=O) groups is 4. The second-order valence-corrected chi connectivity index (χ2v) is 13.0. The number of hydrogen-bond donors (Lipinski definition) is 3. The lowest BCUT2D eigenvalue weighted by molar-refractivity contribution is -0.173. The molecule has 0 aliphatic carbocycles. The molecule has 0 heterocycles. The third-order valence-electron chi connectivity index (χ3n) is 7.81. The van der Waals surface area contributed by atoms with Crippen molar-refractivity contribution >= 4 is 23.9 Å². The molecule has 3 atom stereocenters. The zero-order chi connectivity index (χ0) is 36.7. The molecule has 0 aromatic rings. The number of ether oxygens (including phenoxy) is 8. The lowest BCUT2D eigenvalue weighted by Crippen LogP contribution is -2.47. The Bertz CT molecular complexity index is 942. The molecule has 0 saturated heterocycles. The van der Waals surface area contributed by atoms with E-state index in [2.05, 4.69) is 0 Å². The van der Waals surface area contributed by atoms with Crippen LogP contribution in [0.5, 0.6) is 0 Å². The van der Waals surface area contributed by atoms with E-state index in [4.69, 9.17) is 43.0 Å². The Hall–Kier alpha value is -2.40. The summed E-state index contributed by atoms with van der Waals surface area (Å²) in [4.78, 5) is 53.4. The van der Waals surface area contributed by atoms with Gasteiger partial charge in [0.05, 0.1) is 87.7 Å². The summed E-state index contributed by atoms with van der Waals surface area (Å²) in [6, 6.07) is 0. The van der Waals surface area contributed by atoms with Crippen molar-refractivity contribution in [1.82, 2.24) is 0 Å². The van der Waals surface area contributed by atoms with Crippen LogP contribution in [-0.4, -0.2) is 139 Å². The minimum absolute atomic E-state index is 0.0515.